The Balaban J connectivity index is 2.52. The van der Waals surface area contributed by atoms with Crippen LogP contribution in [-0.2, 0) is 10.0 Å². The summed E-state index contributed by atoms with van der Waals surface area (Å²) in [7, 11) is -0.457. The molecule has 0 saturated heterocycles. The molecule has 6 heteroatoms. The normalized spacial score (nSPS) is 11.2. The van der Waals surface area contributed by atoms with Crippen LogP contribution in [0.1, 0.15) is 11.1 Å². The van der Waals surface area contributed by atoms with E-state index < -0.39 is 10.0 Å². The van der Waals surface area contributed by atoms with E-state index in [1.54, 1.807) is 32.4 Å². The maximum absolute atomic E-state index is 12.8. The van der Waals surface area contributed by atoms with Crippen LogP contribution in [0.15, 0.2) is 41.4 Å². The van der Waals surface area contributed by atoms with Gasteiger partial charge in [0, 0.05) is 20.3 Å². The van der Waals surface area contributed by atoms with E-state index in [9.17, 15) is 8.42 Å². The van der Waals surface area contributed by atoms with Gasteiger partial charge in [0.2, 0.25) is 0 Å². The summed E-state index contributed by atoms with van der Waals surface area (Å²) in [4.78, 5) is 4.22. The van der Waals surface area contributed by atoms with E-state index in [-0.39, 0.29) is 4.90 Å². The standard InChI is InChI=1S/C15H19N3O2S/c1-11-8-12(2)10-13(9-11)18(4)21(19,20)14-6-5-7-17-15(14)16-3/h5-10H,1-4H3,(H,16,17). The van der Waals surface area contributed by atoms with Crippen molar-refractivity contribution in [2.45, 2.75) is 18.7 Å². The van der Waals surface area contributed by atoms with Gasteiger partial charge < -0.3 is 5.32 Å². The number of pyridine rings is 1. The first-order chi connectivity index (χ1) is 9.86. The van der Waals surface area contributed by atoms with Crippen molar-refractivity contribution in [3.8, 4) is 0 Å². The van der Waals surface area contributed by atoms with Crippen LogP contribution in [0.2, 0.25) is 0 Å². The Morgan fingerprint density at radius 2 is 1.76 bits per heavy atom. The monoisotopic (exact) mass is 305 g/mol. The molecule has 0 spiro atoms. The molecule has 0 bridgehead atoms. The van der Waals surface area contributed by atoms with Gasteiger partial charge in [-0.3, -0.25) is 4.31 Å². The van der Waals surface area contributed by atoms with Gasteiger partial charge in [0.15, 0.2) is 0 Å². The molecule has 112 valence electrons. The number of nitrogens with zero attached hydrogens (tertiary/aromatic N) is 2. The summed E-state index contributed by atoms with van der Waals surface area (Å²) in [5.41, 5.74) is 2.68. The SMILES string of the molecule is CNc1ncccc1S(=O)(=O)N(C)c1cc(C)cc(C)c1. The van der Waals surface area contributed by atoms with Crippen LogP contribution in [-0.4, -0.2) is 27.5 Å². The van der Waals surface area contributed by atoms with Crippen molar-refractivity contribution < 1.29 is 8.42 Å². The molecule has 0 saturated carbocycles. The summed E-state index contributed by atoms with van der Waals surface area (Å²) in [5.74, 6) is 0.341. The molecule has 0 aliphatic carbocycles. The van der Waals surface area contributed by atoms with Gasteiger partial charge >= 0.3 is 0 Å². The molecule has 2 aromatic rings. The van der Waals surface area contributed by atoms with Gasteiger partial charge in [0.25, 0.3) is 10.0 Å². The van der Waals surface area contributed by atoms with Gasteiger partial charge in [-0.25, -0.2) is 13.4 Å². The number of nitrogens with one attached hydrogen (secondary N) is 1. The zero-order chi connectivity index (χ0) is 15.6. The Kier molecular flexibility index (Phi) is 4.18. The van der Waals surface area contributed by atoms with Crippen molar-refractivity contribution in [3.63, 3.8) is 0 Å². The lowest BCUT2D eigenvalue weighted by Gasteiger charge is -2.21. The van der Waals surface area contributed by atoms with E-state index in [4.69, 9.17) is 0 Å². The van der Waals surface area contributed by atoms with E-state index in [0.29, 0.717) is 11.5 Å². The Labute approximate surface area is 125 Å². The predicted octanol–water partition coefficient (Wildman–Crippen LogP) is 2.57. The van der Waals surface area contributed by atoms with Gasteiger partial charge in [-0.1, -0.05) is 6.07 Å². The molecule has 0 amide bonds. The summed E-state index contributed by atoms with van der Waals surface area (Å²) >= 11 is 0. The van der Waals surface area contributed by atoms with Crippen LogP contribution >= 0.6 is 0 Å². The highest BCUT2D eigenvalue weighted by Crippen LogP contribution is 2.27. The lowest BCUT2D eigenvalue weighted by Crippen LogP contribution is -2.27. The van der Waals surface area contributed by atoms with Crippen molar-refractivity contribution in [1.82, 2.24) is 4.98 Å². The first-order valence-corrected chi connectivity index (χ1v) is 8.00. The number of benzene rings is 1. The minimum Gasteiger partial charge on any atom is -0.372 e. The Hall–Kier alpha value is -2.08. The lowest BCUT2D eigenvalue weighted by molar-refractivity contribution is 0.594. The van der Waals surface area contributed by atoms with Crippen LogP contribution < -0.4 is 9.62 Å². The van der Waals surface area contributed by atoms with Crippen LogP contribution in [0, 0.1) is 13.8 Å². The Morgan fingerprint density at radius 3 is 2.33 bits per heavy atom. The molecule has 21 heavy (non-hydrogen) atoms. The molecule has 0 aliphatic heterocycles. The van der Waals surface area contributed by atoms with Gasteiger partial charge in [-0.2, -0.15) is 0 Å². The first kappa shape index (κ1) is 15.3. The highest BCUT2D eigenvalue weighted by Gasteiger charge is 2.25. The maximum Gasteiger partial charge on any atom is 0.267 e. The van der Waals surface area contributed by atoms with Gasteiger partial charge in [-0.05, 0) is 49.2 Å². The van der Waals surface area contributed by atoms with E-state index in [0.717, 1.165) is 11.1 Å². The second kappa shape index (κ2) is 5.73. The molecule has 0 atom stereocenters. The molecule has 5 nitrogen and oxygen atoms in total. The zero-order valence-electron chi connectivity index (χ0n) is 12.6. The smallest absolute Gasteiger partial charge is 0.267 e. The quantitative estimate of drug-likeness (QED) is 0.943. The number of rotatable bonds is 4. The molecular weight excluding hydrogens is 286 g/mol. The second-order valence-electron chi connectivity index (χ2n) is 4.92. The number of aromatic nitrogens is 1. The number of hydrogen-bond acceptors (Lipinski definition) is 4. The van der Waals surface area contributed by atoms with Crippen molar-refractivity contribution >= 4 is 21.5 Å². The number of sulfonamides is 1. The number of anilines is 2. The molecular formula is C15H19N3O2S. The minimum atomic E-state index is -3.66. The van der Waals surface area contributed by atoms with E-state index >= 15 is 0 Å². The fourth-order valence-corrected chi connectivity index (χ4v) is 3.53. The number of hydrogen-bond donors (Lipinski definition) is 1. The highest BCUT2D eigenvalue weighted by molar-refractivity contribution is 7.93. The lowest BCUT2D eigenvalue weighted by atomic mass is 10.1. The molecule has 1 aromatic heterocycles. The van der Waals surface area contributed by atoms with Crippen LogP contribution in [0.4, 0.5) is 11.5 Å². The van der Waals surface area contributed by atoms with E-state index in [2.05, 4.69) is 10.3 Å². The van der Waals surface area contributed by atoms with Crippen molar-refractivity contribution in [2.24, 2.45) is 0 Å². The molecule has 1 N–H and O–H groups in total. The Morgan fingerprint density at radius 1 is 1.14 bits per heavy atom. The summed E-state index contributed by atoms with van der Waals surface area (Å²) < 4.78 is 26.8. The van der Waals surface area contributed by atoms with Gasteiger partial charge in [-0.15, -0.1) is 0 Å². The second-order valence-corrected chi connectivity index (χ2v) is 6.86. The predicted molar refractivity (Wildman–Crippen MR) is 85.3 cm³/mol. The van der Waals surface area contributed by atoms with Gasteiger partial charge in [0.05, 0.1) is 5.69 Å². The van der Waals surface area contributed by atoms with E-state index in [1.807, 2.05) is 32.0 Å². The summed E-state index contributed by atoms with van der Waals surface area (Å²) in [6, 6.07) is 8.86. The fraction of sp³-hybridized carbons (Fsp3) is 0.267. The zero-order valence-corrected chi connectivity index (χ0v) is 13.4. The maximum atomic E-state index is 12.8. The van der Waals surface area contributed by atoms with Crippen molar-refractivity contribution in [3.05, 3.63) is 47.7 Å². The van der Waals surface area contributed by atoms with Gasteiger partial charge in [0.1, 0.15) is 10.7 Å². The summed E-state index contributed by atoms with van der Waals surface area (Å²) in [6.45, 7) is 3.89. The third-order valence-corrected chi connectivity index (χ3v) is 5.03. The average Bonchev–Trinajstić information content (AvgIpc) is 2.45. The van der Waals surface area contributed by atoms with Crippen LogP contribution in [0.5, 0.6) is 0 Å². The van der Waals surface area contributed by atoms with E-state index in [1.165, 1.54) is 4.31 Å². The van der Waals surface area contributed by atoms with Crippen molar-refractivity contribution in [1.29, 1.82) is 0 Å². The van der Waals surface area contributed by atoms with Crippen LogP contribution in [0.3, 0.4) is 0 Å². The average molecular weight is 305 g/mol. The third kappa shape index (κ3) is 3.00. The topological polar surface area (TPSA) is 62.3 Å². The minimum absolute atomic E-state index is 0.161. The van der Waals surface area contributed by atoms with Crippen molar-refractivity contribution in [2.75, 3.05) is 23.7 Å². The van der Waals surface area contributed by atoms with Crippen LogP contribution in [0.25, 0.3) is 0 Å². The molecule has 1 heterocycles. The summed E-state index contributed by atoms with van der Waals surface area (Å²) in [6.07, 6.45) is 1.56. The molecule has 1 aromatic carbocycles. The third-order valence-electron chi connectivity index (χ3n) is 3.22. The molecule has 0 unspecified atom stereocenters. The molecule has 2 rings (SSSR count). The number of aryl methyl sites for hydroxylation is 2. The largest absolute Gasteiger partial charge is 0.372 e. The molecule has 0 aliphatic rings. The summed E-state index contributed by atoms with van der Waals surface area (Å²) in [5, 5.41) is 2.81. The first-order valence-electron chi connectivity index (χ1n) is 6.56. The fourth-order valence-electron chi connectivity index (χ4n) is 2.21. The Bertz CT molecular complexity index is 737. The highest BCUT2D eigenvalue weighted by atomic mass is 32.2. The molecule has 0 radical (unpaired) electrons. The molecule has 0 fully saturated rings.